The Kier molecular flexibility index (Phi) is 4.91. The van der Waals surface area contributed by atoms with E-state index in [4.69, 9.17) is 5.73 Å². The zero-order chi connectivity index (χ0) is 13.8. The molecular weight excluding hydrogens is 236 g/mol. The van der Waals surface area contributed by atoms with Crippen LogP contribution in [0.15, 0.2) is 18.3 Å². The molecule has 0 aromatic carbocycles. The van der Waals surface area contributed by atoms with Gasteiger partial charge in [-0.1, -0.05) is 6.07 Å². The molecule has 4 nitrogen and oxygen atoms in total. The van der Waals surface area contributed by atoms with Crippen molar-refractivity contribution < 1.29 is 0 Å². The molecule has 0 radical (unpaired) electrons. The van der Waals surface area contributed by atoms with Crippen LogP contribution in [0.5, 0.6) is 0 Å². The summed E-state index contributed by atoms with van der Waals surface area (Å²) in [6.07, 6.45) is 4.51. The Morgan fingerprint density at radius 1 is 1.47 bits per heavy atom. The summed E-state index contributed by atoms with van der Waals surface area (Å²) in [6, 6.07) is 5.18. The van der Waals surface area contributed by atoms with Crippen molar-refractivity contribution in [1.29, 1.82) is 0 Å². The first-order valence-electron chi connectivity index (χ1n) is 7.15. The number of nitrogens with two attached hydrogens (primary N) is 1. The SMILES string of the molecule is Cc1ccc(C(CN)N2CCCC(N(C)C)C2)cn1. The van der Waals surface area contributed by atoms with E-state index in [0.29, 0.717) is 18.6 Å². The molecule has 2 heterocycles. The minimum Gasteiger partial charge on any atom is -0.329 e. The third-order valence-corrected chi connectivity index (χ3v) is 4.14. The summed E-state index contributed by atoms with van der Waals surface area (Å²) in [6.45, 7) is 4.91. The van der Waals surface area contributed by atoms with E-state index in [9.17, 15) is 0 Å². The number of aromatic nitrogens is 1. The van der Waals surface area contributed by atoms with E-state index >= 15 is 0 Å². The molecule has 0 aliphatic carbocycles. The number of likely N-dealkylation sites (tertiary alicyclic amines) is 1. The van der Waals surface area contributed by atoms with Crippen molar-refractivity contribution in [3.63, 3.8) is 0 Å². The Labute approximate surface area is 116 Å². The van der Waals surface area contributed by atoms with Crippen molar-refractivity contribution in [2.45, 2.75) is 31.8 Å². The van der Waals surface area contributed by atoms with Crippen LogP contribution in [-0.4, -0.2) is 54.6 Å². The van der Waals surface area contributed by atoms with Crippen molar-refractivity contribution in [2.24, 2.45) is 5.73 Å². The van der Waals surface area contributed by atoms with E-state index in [1.807, 2.05) is 13.1 Å². The first-order valence-corrected chi connectivity index (χ1v) is 7.15. The molecular formula is C15H26N4. The van der Waals surface area contributed by atoms with Gasteiger partial charge in [0.15, 0.2) is 0 Å². The van der Waals surface area contributed by atoms with Crippen molar-refractivity contribution >= 4 is 0 Å². The lowest BCUT2D eigenvalue weighted by atomic mass is 9.99. The maximum Gasteiger partial charge on any atom is 0.0486 e. The van der Waals surface area contributed by atoms with Gasteiger partial charge in [-0.2, -0.15) is 0 Å². The lowest BCUT2D eigenvalue weighted by Crippen LogP contribution is -2.47. The summed E-state index contributed by atoms with van der Waals surface area (Å²) < 4.78 is 0. The molecule has 2 N–H and O–H groups in total. The molecule has 1 aromatic rings. The Morgan fingerprint density at radius 2 is 2.26 bits per heavy atom. The monoisotopic (exact) mass is 262 g/mol. The number of pyridine rings is 1. The zero-order valence-corrected chi connectivity index (χ0v) is 12.3. The molecule has 1 aromatic heterocycles. The highest BCUT2D eigenvalue weighted by Gasteiger charge is 2.27. The fourth-order valence-electron chi connectivity index (χ4n) is 2.86. The van der Waals surface area contributed by atoms with Gasteiger partial charge < -0.3 is 10.6 Å². The van der Waals surface area contributed by atoms with Crippen LogP contribution in [0.4, 0.5) is 0 Å². The molecule has 1 saturated heterocycles. The molecule has 0 saturated carbocycles. The summed E-state index contributed by atoms with van der Waals surface area (Å²) >= 11 is 0. The predicted octanol–water partition coefficient (Wildman–Crippen LogP) is 1.42. The zero-order valence-electron chi connectivity index (χ0n) is 12.3. The van der Waals surface area contributed by atoms with E-state index in [2.05, 4.69) is 41.0 Å². The van der Waals surface area contributed by atoms with Gasteiger partial charge in [0.05, 0.1) is 0 Å². The molecule has 106 valence electrons. The highest BCUT2D eigenvalue weighted by atomic mass is 15.2. The van der Waals surface area contributed by atoms with Gasteiger partial charge in [-0.25, -0.2) is 0 Å². The molecule has 2 unspecified atom stereocenters. The van der Waals surface area contributed by atoms with Crippen LogP contribution in [0.2, 0.25) is 0 Å². The molecule has 1 aliphatic rings. The van der Waals surface area contributed by atoms with Crippen molar-refractivity contribution in [3.05, 3.63) is 29.6 Å². The second kappa shape index (κ2) is 6.46. The van der Waals surface area contributed by atoms with Crippen LogP contribution in [0.3, 0.4) is 0 Å². The van der Waals surface area contributed by atoms with E-state index < -0.39 is 0 Å². The van der Waals surface area contributed by atoms with Gasteiger partial charge in [-0.3, -0.25) is 9.88 Å². The Bertz CT molecular complexity index is 388. The molecule has 1 fully saturated rings. The standard InChI is InChI=1S/C15H26N4/c1-12-6-7-13(10-17-12)15(9-16)19-8-4-5-14(11-19)18(2)3/h6-7,10,14-15H,4-5,8-9,11,16H2,1-3H3. The lowest BCUT2D eigenvalue weighted by molar-refractivity contribution is 0.0983. The van der Waals surface area contributed by atoms with Gasteiger partial charge in [0.2, 0.25) is 0 Å². The quantitative estimate of drug-likeness (QED) is 0.891. The van der Waals surface area contributed by atoms with E-state index in [1.54, 1.807) is 0 Å². The Hall–Kier alpha value is -0.970. The summed E-state index contributed by atoms with van der Waals surface area (Å²) in [5, 5.41) is 0. The minimum atomic E-state index is 0.302. The molecule has 19 heavy (non-hydrogen) atoms. The Morgan fingerprint density at radius 3 is 2.84 bits per heavy atom. The van der Waals surface area contributed by atoms with Gasteiger partial charge in [0, 0.05) is 37.1 Å². The highest BCUT2D eigenvalue weighted by molar-refractivity contribution is 5.18. The van der Waals surface area contributed by atoms with Gasteiger partial charge in [-0.05, 0) is 52.0 Å². The van der Waals surface area contributed by atoms with Crippen LogP contribution in [0, 0.1) is 6.92 Å². The Balaban J connectivity index is 2.10. The number of hydrogen-bond acceptors (Lipinski definition) is 4. The molecule has 0 spiro atoms. The number of likely N-dealkylation sites (N-methyl/N-ethyl adjacent to an activating group) is 1. The molecule has 2 rings (SSSR count). The second-order valence-electron chi connectivity index (χ2n) is 5.74. The summed E-state index contributed by atoms with van der Waals surface area (Å²) in [5.74, 6) is 0. The number of hydrogen-bond donors (Lipinski definition) is 1. The lowest BCUT2D eigenvalue weighted by Gasteiger charge is -2.40. The maximum atomic E-state index is 6.01. The predicted molar refractivity (Wildman–Crippen MR) is 79.1 cm³/mol. The average Bonchev–Trinajstić information content (AvgIpc) is 2.42. The van der Waals surface area contributed by atoms with E-state index in [-0.39, 0.29) is 0 Å². The van der Waals surface area contributed by atoms with Crippen molar-refractivity contribution in [1.82, 2.24) is 14.8 Å². The molecule has 1 aliphatic heterocycles. The van der Waals surface area contributed by atoms with Crippen LogP contribution < -0.4 is 5.73 Å². The van der Waals surface area contributed by atoms with Gasteiger partial charge >= 0.3 is 0 Å². The first kappa shape index (κ1) is 14.4. The van der Waals surface area contributed by atoms with Crippen molar-refractivity contribution in [3.8, 4) is 0 Å². The fourth-order valence-corrected chi connectivity index (χ4v) is 2.86. The van der Waals surface area contributed by atoms with Crippen molar-refractivity contribution in [2.75, 3.05) is 33.7 Å². The minimum absolute atomic E-state index is 0.302. The van der Waals surface area contributed by atoms with Gasteiger partial charge in [-0.15, -0.1) is 0 Å². The third-order valence-electron chi connectivity index (χ3n) is 4.14. The number of piperidine rings is 1. The normalized spacial score (nSPS) is 22.7. The number of nitrogens with zero attached hydrogens (tertiary/aromatic N) is 3. The largest absolute Gasteiger partial charge is 0.329 e. The van der Waals surface area contributed by atoms with E-state index in [0.717, 1.165) is 18.8 Å². The summed E-state index contributed by atoms with van der Waals surface area (Å²) in [5.41, 5.74) is 8.31. The van der Waals surface area contributed by atoms with Crippen LogP contribution in [-0.2, 0) is 0 Å². The van der Waals surface area contributed by atoms with Gasteiger partial charge in [0.1, 0.15) is 0 Å². The van der Waals surface area contributed by atoms with Crippen LogP contribution in [0.25, 0.3) is 0 Å². The molecule has 2 atom stereocenters. The van der Waals surface area contributed by atoms with Gasteiger partial charge in [0.25, 0.3) is 0 Å². The third kappa shape index (κ3) is 3.53. The number of rotatable bonds is 4. The second-order valence-corrected chi connectivity index (χ2v) is 5.74. The highest BCUT2D eigenvalue weighted by Crippen LogP contribution is 2.24. The molecule has 0 bridgehead atoms. The average molecular weight is 262 g/mol. The van der Waals surface area contributed by atoms with Crippen LogP contribution >= 0.6 is 0 Å². The topological polar surface area (TPSA) is 45.4 Å². The number of aryl methyl sites for hydroxylation is 1. The molecule has 4 heteroatoms. The fraction of sp³-hybridized carbons (Fsp3) is 0.667. The maximum absolute atomic E-state index is 6.01. The summed E-state index contributed by atoms with van der Waals surface area (Å²) in [4.78, 5) is 9.25. The smallest absolute Gasteiger partial charge is 0.0486 e. The first-order chi connectivity index (χ1) is 9.11. The summed E-state index contributed by atoms with van der Waals surface area (Å²) in [7, 11) is 4.33. The van der Waals surface area contributed by atoms with Crippen LogP contribution in [0.1, 0.15) is 30.1 Å². The van der Waals surface area contributed by atoms with E-state index in [1.165, 1.54) is 18.4 Å². The molecule has 0 amide bonds.